The van der Waals surface area contributed by atoms with Crippen LogP contribution in [0.4, 0.5) is 5.69 Å². The smallest absolute Gasteiger partial charge is 0.246 e. The summed E-state index contributed by atoms with van der Waals surface area (Å²) >= 11 is 0. The summed E-state index contributed by atoms with van der Waals surface area (Å²) in [6, 6.07) is 6.93. The fourth-order valence-electron chi connectivity index (χ4n) is 6.90. The Morgan fingerprint density at radius 3 is 2.70 bits per heavy atom. The van der Waals surface area contributed by atoms with Crippen molar-refractivity contribution in [2.75, 3.05) is 11.9 Å². The summed E-state index contributed by atoms with van der Waals surface area (Å²) in [4.78, 5) is 43.2. The maximum absolute atomic E-state index is 14.0. The average Bonchev–Trinajstić information content (AvgIpc) is 3.48. The van der Waals surface area contributed by atoms with Gasteiger partial charge in [0, 0.05) is 18.3 Å². The fraction of sp³-hybridized carbons (Fsp3) is 0.633. The van der Waals surface area contributed by atoms with Crippen molar-refractivity contribution in [3.05, 3.63) is 42.0 Å². The van der Waals surface area contributed by atoms with E-state index in [1.54, 1.807) is 4.90 Å². The lowest BCUT2D eigenvalue weighted by molar-refractivity contribution is -0.141. The van der Waals surface area contributed by atoms with Gasteiger partial charge in [-0.2, -0.15) is 0 Å². The standard InChI is InChI=1S/C30H41N3O4/c1-17(2)13-15-33-26(28(35)32-22-11-7-9-19(4)20(22)5)30-14-12-23(37-30)24(25(30)29(33)36)27(34)31-21-10-6-8-18(3)16-21/h6,8,10,12,14,16-17,19-20,22-26H,7,9,11,13,15H2,1-5H3,(H,31,34)(H,32,35)/t19-,20+,22-,23-,24+,25-,26-,30-/m1/s1. The van der Waals surface area contributed by atoms with E-state index >= 15 is 0 Å². The van der Waals surface area contributed by atoms with Gasteiger partial charge in [-0.15, -0.1) is 0 Å². The lowest BCUT2D eigenvalue weighted by Gasteiger charge is -2.38. The molecule has 2 N–H and O–H groups in total. The third-order valence-corrected chi connectivity index (χ3v) is 9.19. The summed E-state index contributed by atoms with van der Waals surface area (Å²) in [5.74, 6) is -0.639. The van der Waals surface area contributed by atoms with Crippen LogP contribution >= 0.6 is 0 Å². The SMILES string of the molecule is Cc1cccc(NC(=O)[C@H]2[C@H]3C=C[C@@]4(O3)[C@H]2C(=O)N(CCC(C)C)[C@@H]4C(=O)N[C@@H]2CCC[C@@H](C)[C@@H]2C)c1. The number of rotatable bonds is 7. The van der Waals surface area contributed by atoms with Crippen LogP contribution in [-0.4, -0.2) is 53.0 Å². The average molecular weight is 508 g/mol. The van der Waals surface area contributed by atoms with E-state index in [4.69, 9.17) is 4.74 Å². The van der Waals surface area contributed by atoms with Gasteiger partial charge in [-0.1, -0.05) is 64.8 Å². The lowest BCUT2D eigenvalue weighted by Crippen LogP contribution is -2.58. The van der Waals surface area contributed by atoms with Gasteiger partial charge < -0.3 is 20.3 Å². The lowest BCUT2D eigenvalue weighted by atomic mass is 9.73. The molecule has 5 rings (SSSR count). The number of benzene rings is 1. The van der Waals surface area contributed by atoms with E-state index in [1.807, 2.05) is 43.3 Å². The number of amides is 3. The second-order valence-electron chi connectivity index (χ2n) is 12.2. The topological polar surface area (TPSA) is 87.7 Å². The van der Waals surface area contributed by atoms with E-state index in [9.17, 15) is 14.4 Å². The molecule has 1 saturated carbocycles. The Balaban J connectivity index is 1.43. The van der Waals surface area contributed by atoms with E-state index in [0.717, 1.165) is 24.8 Å². The second-order valence-corrected chi connectivity index (χ2v) is 12.2. The second kappa shape index (κ2) is 9.90. The predicted molar refractivity (Wildman–Crippen MR) is 143 cm³/mol. The number of carbonyl (C=O) groups is 3. The van der Waals surface area contributed by atoms with Gasteiger partial charge in [-0.3, -0.25) is 14.4 Å². The first kappa shape index (κ1) is 26.0. The number of fused-ring (bicyclic) bond motifs is 1. The number of nitrogens with one attached hydrogen (secondary N) is 2. The largest absolute Gasteiger partial charge is 0.359 e. The van der Waals surface area contributed by atoms with Gasteiger partial charge in [0.2, 0.25) is 17.7 Å². The summed E-state index contributed by atoms with van der Waals surface area (Å²) in [7, 11) is 0. The Morgan fingerprint density at radius 2 is 1.97 bits per heavy atom. The van der Waals surface area contributed by atoms with Crippen molar-refractivity contribution in [3.8, 4) is 0 Å². The number of nitrogens with zero attached hydrogens (tertiary/aromatic N) is 1. The molecule has 2 saturated heterocycles. The zero-order valence-electron chi connectivity index (χ0n) is 22.7. The van der Waals surface area contributed by atoms with E-state index in [-0.39, 0.29) is 23.8 Å². The maximum atomic E-state index is 14.0. The number of anilines is 1. The molecular formula is C30H41N3O4. The molecule has 1 aromatic carbocycles. The Labute approximate surface area is 220 Å². The van der Waals surface area contributed by atoms with Gasteiger partial charge in [0.25, 0.3) is 0 Å². The molecule has 2 bridgehead atoms. The van der Waals surface area contributed by atoms with Gasteiger partial charge in [0.1, 0.15) is 11.6 Å². The van der Waals surface area contributed by atoms with Gasteiger partial charge in [-0.05, 0) is 55.2 Å². The summed E-state index contributed by atoms with van der Waals surface area (Å²) in [6.07, 6.45) is 7.24. The van der Waals surface area contributed by atoms with Crippen molar-refractivity contribution >= 4 is 23.4 Å². The van der Waals surface area contributed by atoms with E-state index in [1.165, 1.54) is 6.42 Å². The van der Waals surface area contributed by atoms with E-state index in [2.05, 4.69) is 38.3 Å². The number of ether oxygens (including phenoxy) is 1. The number of aryl methyl sites for hydroxylation is 1. The number of hydrogen-bond acceptors (Lipinski definition) is 4. The molecular weight excluding hydrogens is 466 g/mol. The molecule has 7 nitrogen and oxygen atoms in total. The number of likely N-dealkylation sites (tertiary alicyclic amines) is 1. The Kier molecular flexibility index (Phi) is 6.94. The van der Waals surface area contributed by atoms with Crippen LogP contribution in [0.2, 0.25) is 0 Å². The van der Waals surface area contributed by atoms with Crippen molar-refractivity contribution in [3.63, 3.8) is 0 Å². The van der Waals surface area contributed by atoms with Crippen molar-refractivity contribution in [2.24, 2.45) is 29.6 Å². The fourth-order valence-corrected chi connectivity index (χ4v) is 6.90. The van der Waals surface area contributed by atoms with Crippen molar-refractivity contribution in [2.45, 2.75) is 84.1 Å². The normalized spacial score (nSPS) is 36.2. The molecule has 3 amide bonds. The molecule has 8 atom stereocenters. The van der Waals surface area contributed by atoms with Crippen LogP contribution in [0.3, 0.4) is 0 Å². The maximum Gasteiger partial charge on any atom is 0.246 e. The van der Waals surface area contributed by atoms with Crippen molar-refractivity contribution < 1.29 is 19.1 Å². The third-order valence-electron chi connectivity index (χ3n) is 9.19. The highest BCUT2D eigenvalue weighted by atomic mass is 16.5. The first-order chi connectivity index (χ1) is 17.6. The van der Waals surface area contributed by atoms with E-state index < -0.39 is 29.6 Å². The van der Waals surface area contributed by atoms with Crippen LogP contribution in [0.1, 0.15) is 58.9 Å². The molecule has 0 aromatic heterocycles. The molecule has 1 aliphatic carbocycles. The van der Waals surface area contributed by atoms with Gasteiger partial charge in [0.15, 0.2) is 0 Å². The minimum atomic E-state index is -1.11. The summed E-state index contributed by atoms with van der Waals surface area (Å²) in [5.41, 5.74) is 0.627. The molecule has 0 unspecified atom stereocenters. The van der Waals surface area contributed by atoms with Crippen LogP contribution < -0.4 is 10.6 Å². The minimum Gasteiger partial charge on any atom is -0.359 e. The third kappa shape index (κ3) is 4.49. The number of hydrogen-bond donors (Lipinski definition) is 2. The van der Waals surface area contributed by atoms with E-state index in [0.29, 0.717) is 30.0 Å². The monoisotopic (exact) mass is 507 g/mol. The van der Waals surface area contributed by atoms with Gasteiger partial charge >= 0.3 is 0 Å². The first-order valence-corrected chi connectivity index (χ1v) is 14.0. The van der Waals surface area contributed by atoms with Crippen molar-refractivity contribution in [1.29, 1.82) is 0 Å². The highest BCUT2D eigenvalue weighted by Gasteiger charge is 2.72. The van der Waals surface area contributed by atoms with Crippen molar-refractivity contribution in [1.82, 2.24) is 10.2 Å². The zero-order valence-corrected chi connectivity index (χ0v) is 22.7. The summed E-state index contributed by atoms with van der Waals surface area (Å²) in [6.45, 7) is 11.1. The summed E-state index contributed by atoms with van der Waals surface area (Å²) < 4.78 is 6.46. The van der Waals surface area contributed by atoms with Gasteiger partial charge in [0.05, 0.1) is 17.9 Å². The molecule has 4 aliphatic rings. The Hall–Kier alpha value is -2.67. The van der Waals surface area contributed by atoms with Crippen LogP contribution in [-0.2, 0) is 19.1 Å². The molecule has 3 heterocycles. The Morgan fingerprint density at radius 1 is 1.19 bits per heavy atom. The van der Waals surface area contributed by atoms with Crippen LogP contribution in [0.15, 0.2) is 36.4 Å². The molecule has 0 radical (unpaired) electrons. The molecule has 7 heteroatoms. The van der Waals surface area contributed by atoms with Crippen LogP contribution in [0.25, 0.3) is 0 Å². The van der Waals surface area contributed by atoms with Gasteiger partial charge in [-0.25, -0.2) is 0 Å². The molecule has 200 valence electrons. The summed E-state index contributed by atoms with van der Waals surface area (Å²) in [5, 5.41) is 6.31. The highest BCUT2D eigenvalue weighted by Crippen LogP contribution is 2.55. The molecule has 3 fully saturated rings. The molecule has 3 aliphatic heterocycles. The minimum absolute atomic E-state index is 0.0803. The van der Waals surface area contributed by atoms with Crippen LogP contribution in [0, 0.1) is 36.5 Å². The molecule has 37 heavy (non-hydrogen) atoms. The molecule has 1 spiro atoms. The van der Waals surface area contributed by atoms with Crippen LogP contribution in [0.5, 0.6) is 0 Å². The zero-order chi connectivity index (χ0) is 26.5. The Bertz CT molecular complexity index is 1100. The predicted octanol–water partition coefficient (Wildman–Crippen LogP) is 4.07. The highest BCUT2D eigenvalue weighted by molar-refractivity contribution is 6.02. The number of carbonyl (C=O) groups excluding carboxylic acids is 3. The molecule has 1 aromatic rings. The first-order valence-electron chi connectivity index (χ1n) is 14.0. The quantitative estimate of drug-likeness (QED) is 0.545.